The van der Waals surface area contributed by atoms with Crippen LogP contribution in [0.25, 0.3) is 0 Å². The van der Waals surface area contributed by atoms with Crippen LogP contribution >= 0.6 is 0 Å². The Balaban J connectivity index is 1.38. The minimum absolute atomic E-state index is 0.189. The lowest BCUT2D eigenvalue weighted by molar-refractivity contribution is 0.154. The summed E-state index contributed by atoms with van der Waals surface area (Å²) in [5.41, 5.74) is 3.78. The zero-order valence-corrected chi connectivity index (χ0v) is 15.6. The van der Waals surface area contributed by atoms with Gasteiger partial charge in [0.15, 0.2) is 5.82 Å². The topological polar surface area (TPSA) is 47.1 Å². The van der Waals surface area contributed by atoms with E-state index >= 15 is 0 Å². The van der Waals surface area contributed by atoms with Crippen LogP contribution in [-0.2, 0) is 19.5 Å². The van der Waals surface area contributed by atoms with E-state index in [1.165, 1.54) is 16.8 Å². The van der Waals surface area contributed by atoms with Crippen LogP contribution in [0.1, 0.15) is 34.6 Å². The first kappa shape index (κ1) is 17.0. The predicted octanol–water partition coefficient (Wildman–Crippen LogP) is 4.07. The van der Waals surface area contributed by atoms with Gasteiger partial charge in [-0.2, -0.15) is 4.98 Å². The van der Waals surface area contributed by atoms with Crippen molar-refractivity contribution in [2.75, 3.05) is 6.54 Å². The molecule has 2 aromatic carbocycles. The van der Waals surface area contributed by atoms with Gasteiger partial charge in [-0.15, -0.1) is 0 Å². The molecule has 28 heavy (non-hydrogen) atoms. The summed E-state index contributed by atoms with van der Waals surface area (Å²) < 4.78 is 7.92. The molecule has 4 aromatic rings. The van der Waals surface area contributed by atoms with E-state index in [1.54, 1.807) is 0 Å². The molecule has 2 aromatic heterocycles. The average molecular weight is 370 g/mol. The van der Waals surface area contributed by atoms with Crippen LogP contribution in [0.15, 0.2) is 83.5 Å². The van der Waals surface area contributed by atoms with E-state index in [4.69, 9.17) is 4.52 Å². The molecule has 0 aliphatic carbocycles. The minimum atomic E-state index is 0.189. The molecule has 5 nitrogen and oxygen atoms in total. The van der Waals surface area contributed by atoms with Crippen molar-refractivity contribution in [1.29, 1.82) is 0 Å². The SMILES string of the molecule is c1ccc(Cc2noc(CN3CCn4cccc4[C@H]3c3ccccc3)n2)cc1. The Morgan fingerprint density at radius 1 is 0.893 bits per heavy atom. The molecule has 0 spiro atoms. The van der Waals surface area contributed by atoms with Crippen molar-refractivity contribution >= 4 is 0 Å². The minimum Gasteiger partial charge on any atom is -0.348 e. The number of benzene rings is 2. The van der Waals surface area contributed by atoms with E-state index in [-0.39, 0.29) is 6.04 Å². The Labute approximate surface area is 164 Å². The summed E-state index contributed by atoms with van der Waals surface area (Å²) in [6.07, 6.45) is 2.85. The van der Waals surface area contributed by atoms with E-state index in [0.29, 0.717) is 18.9 Å². The lowest BCUT2D eigenvalue weighted by Crippen LogP contribution is -2.38. The first-order chi connectivity index (χ1) is 13.9. The molecular formula is C23H22N4O. The molecular weight excluding hydrogens is 348 g/mol. The van der Waals surface area contributed by atoms with Crippen LogP contribution in [0.4, 0.5) is 0 Å². The third-order valence-corrected chi connectivity index (χ3v) is 5.31. The van der Waals surface area contributed by atoms with Crippen molar-refractivity contribution in [3.05, 3.63) is 108 Å². The van der Waals surface area contributed by atoms with Gasteiger partial charge in [-0.3, -0.25) is 4.90 Å². The Hall–Kier alpha value is -3.18. The van der Waals surface area contributed by atoms with Gasteiger partial charge in [-0.05, 0) is 23.3 Å². The number of hydrogen-bond donors (Lipinski definition) is 0. The zero-order chi connectivity index (χ0) is 18.8. The molecule has 5 rings (SSSR count). The summed E-state index contributed by atoms with van der Waals surface area (Å²) in [5, 5.41) is 4.19. The molecule has 5 heteroatoms. The summed E-state index contributed by atoms with van der Waals surface area (Å²) in [4.78, 5) is 7.07. The highest BCUT2D eigenvalue weighted by molar-refractivity contribution is 5.30. The van der Waals surface area contributed by atoms with Crippen molar-refractivity contribution in [1.82, 2.24) is 19.6 Å². The smallest absolute Gasteiger partial charge is 0.240 e. The van der Waals surface area contributed by atoms with E-state index in [2.05, 4.69) is 80.4 Å². The standard InChI is InChI=1S/C23H22N4O/c1-3-8-18(9-4-1)16-21-24-22(28-25-21)17-27-15-14-26-13-7-12-20(26)23(27)19-10-5-2-6-11-19/h1-13,23H,14-17H2/t23-/m1/s1. The molecule has 1 aliphatic heterocycles. The average Bonchev–Trinajstić information content (AvgIpc) is 3.39. The normalized spacial score (nSPS) is 16.8. The molecule has 0 radical (unpaired) electrons. The highest BCUT2D eigenvalue weighted by Crippen LogP contribution is 2.33. The first-order valence-electron chi connectivity index (χ1n) is 9.66. The summed E-state index contributed by atoms with van der Waals surface area (Å²) in [5.74, 6) is 1.41. The summed E-state index contributed by atoms with van der Waals surface area (Å²) in [7, 11) is 0. The van der Waals surface area contributed by atoms with Crippen molar-refractivity contribution in [2.24, 2.45) is 0 Å². The molecule has 0 amide bonds. The second-order valence-corrected chi connectivity index (χ2v) is 7.18. The number of nitrogens with zero attached hydrogens (tertiary/aromatic N) is 4. The molecule has 0 bridgehead atoms. The second-order valence-electron chi connectivity index (χ2n) is 7.18. The lowest BCUT2D eigenvalue weighted by Gasteiger charge is -2.36. The summed E-state index contributed by atoms with van der Waals surface area (Å²) in [6, 6.07) is 25.4. The predicted molar refractivity (Wildman–Crippen MR) is 107 cm³/mol. The van der Waals surface area contributed by atoms with Crippen molar-refractivity contribution < 1.29 is 4.52 Å². The number of hydrogen-bond acceptors (Lipinski definition) is 4. The van der Waals surface area contributed by atoms with E-state index in [9.17, 15) is 0 Å². The fourth-order valence-corrected chi connectivity index (χ4v) is 4.00. The van der Waals surface area contributed by atoms with Gasteiger partial charge in [0.2, 0.25) is 5.89 Å². The maximum Gasteiger partial charge on any atom is 0.240 e. The maximum absolute atomic E-state index is 5.58. The van der Waals surface area contributed by atoms with E-state index in [0.717, 1.165) is 18.9 Å². The van der Waals surface area contributed by atoms with Crippen molar-refractivity contribution in [3.63, 3.8) is 0 Å². The Morgan fingerprint density at radius 3 is 2.50 bits per heavy atom. The third-order valence-electron chi connectivity index (χ3n) is 5.31. The summed E-state index contributed by atoms with van der Waals surface area (Å²) in [6.45, 7) is 2.56. The number of rotatable bonds is 5. The van der Waals surface area contributed by atoms with Crippen LogP contribution < -0.4 is 0 Å². The molecule has 0 saturated carbocycles. The maximum atomic E-state index is 5.58. The number of aromatic nitrogens is 3. The molecule has 0 saturated heterocycles. The zero-order valence-electron chi connectivity index (χ0n) is 15.6. The van der Waals surface area contributed by atoms with Gasteiger partial charge in [0.25, 0.3) is 0 Å². The van der Waals surface area contributed by atoms with Crippen molar-refractivity contribution in [3.8, 4) is 0 Å². The number of fused-ring (bicyclic) bond motifs is 1. The van der Waals surface area contributed by atoms with Crippen LogP contribution in [0.5, 0.6) is 0 Å². The molecule has 0 N–H and O–H groups in total. The highest BCUT2D eigenvalue weighted by atomic mass is 16.5. The van der Waals surface area contributed by atoms with Gasteiger partial charge in [-0.25, -0.2) is 0 Å². The molecule has 0 fully saturated rings. The van der Waals surface area contributed by atoms with Crippen LogP contribution in [0, 0.1) is 0 Å². The molecule has 140 valence electrons. The van der Waals surface area contributed by atoms with E-state index in [1.807, 2.05) is 18.2 Å². The second kappa shape index (κ2) is 7.44. The van der Waals surface area contributed by atoms with Crippen molar-refractivity contribution in [2.45, 2.75) is 25.6 Å². The third kappa shape index (κ3) is 3.37. The van der Waals surface area contributed by atoms with Gasteiger partial charge < -0.3 is 9.09 Å². The fourth-order valence-electron chi connectivity index (χ4n) is 4.00. The van der Waals surface area contributed by atoms with Crippen LogP contribution in [0.3, 0.4) is 0 Å². The molecule has 1 aliphatic rings. The van der Waals surface area contributed by atoms with Crippen LogP contribution in [-0.4, -0.2) is 26.2 Å². The molecule has 1 atom stereocenters. The highest BCUT2D eigenvalue weighted by Gasteiger charge is 2.29. The van der Waals surface area contributed by atoms with Gasteiger partial charge >= 0.3 is 0 Å². The van der Waals surface area contributed by atoms with Crippen LogP contribution in [0.2, 0.25) is 0 Å². The Kier molecular flexibility index (Phi) is 4.51. The monoisotopic (exact) mass is 370 g/mol. The molecule has 3 heterocycles. The fraction of sp³-hybridized carbons (Fsp3) is 0.217. The van der Waals surface area contributed by atoms with Gasteiger partial charge in [0.1, 0.15) is 0 Å². The van der Waals surface area contributed by atoms with Gasteiger partial charge in [0, 0.05) is 31.4 Å². The lowest BCUT2D eigenvalue weighted by atomic mass is 10.00. The van der Waals surface area contributed by atoms with E-state index < -0.39 is 0 Å². The quantitative estimate of drug-likeness (QED) is 0.531. The Bertz CT molecular complexity index is 1040. The Morgan fingerprint density at radius 2 is 1.68 bits per heavy atom. The largest absolute Gasteiger partial charge is 0.348 e. The van der Waals surface area contributed by atoms with Gasteiger partial charge in [0.05, 0.1) is 12.6 Å². The van der Waals surface area contributed by atoms with Gasteiger partial charge in [-0.1, -0.05) is 65.8 Å². The molecule has 0 unspecified atom stereocenters. The first-order valence-corrected chi connectivity index (χ1v) is 9.66. The summed E-state index contributed by atoms with van der Waals surface area (Å²) >= 11 is 0.